The first-order valence-electron chi connectivity index (χ1n) is 4.10. The number of hydrogen-bond donors (Lipinski definition) is 1. The van der Waals surface area contributed by atoms with Crippen LogP contribution in [0.2, 0.25) is 0 Å². The Hall–Kier alpha value is -0.430. The third-order valence-corrected chi connectivity index (χ3v) is 1.93. The lowest BCUT2D eigenvalue weighted by Crippen LogP contribution is -2.42. The largest absolute Gasteiger partial charge is 0.455 e. The van der Waals surface area contributed by atoms with Gasteiger partial charge < -0.3 is 10.1 Å². The van der Waals surface area contributed by atoms with Crippen LogP contribution in [0.25, 0.3) is 0 Å². The standard InChI is InChI=1S/C7H10F5NO/c8-6(9,7(10,11)12)4-14-5-1-2-13-3-5/h5,13H,1-4H2. The molecule has 1 aliphatic heterocycles. The van der Waals surface area contributed by atoms with E-state index in [2.05, 4.69) is 10.1 Å². The average molecular weight is 219 g/mol. The molecule has 0 aromatic heterocycles. The van der Waals surface area contributed by atoms with Crippen LogP contribution in [0.15, 0.2) is 0 Å². The van der Waals surface area contributed by atoms with Gasteiger partial charge in [-0.25, -0.2) is 0 Å². The number of ether oxygens (including phenoxy) is 1. The molecule has 7 heteroatoms. The minimum Gasteiger partial charge on any atom is -0.370 e. The summed E-state index contributed by atoms with van der Waals surface area (Å²) in [5, 5.41) is 2.80. The zero-order valence-electron chi connectivity index (χ0n) is 7.20. The fourth-order valence-electron chi connectivity index (χ4n) is 1.07. The number of halogens is 5. The van der Waals surface area contributed by atoms with E-state index >= 15 is 0 Å². The molecular formula is C7H10F5NO. The highest BCUT2D eigenvalue weighted by Crippen LogP contribution is 2.35. The fourth-order valence-corrected chi connectivity index (χ4v) is 1.07. The maximum absolute atomic E-state index is 12.3. The highest BCUT2D eigenvalue weighted by atomic mass is 19.4. The molecule has 1 heterocycles. The van der Waals surface area contributed by atoms with E-state index in [0.717, 1.165) is 0 Å². The molecule has 1 N–H and O–H groups in total. The van der Waals surface area contributed by atoms with Gasteiger partial charge in [0.2, 0.25) is 0 Å². The normalized spacial score (nSPS) is 24.2. The average Bonchev–Trinajstić information content (AvgIpc) is 2.50. The van der Waals surface area contributed by atoms with Crippen LogP contribution < -0.4 is 5.32 Å². The van der Waals surface area contributed by atoms with E-state index in [1.807, 2.05) is 0 Å². The van der Waals surface area contributed by atoms with Crippen LogP contribution in [-0.2, 0) is 4.74 Å². The molecule has 1 saturated heterocycles. The summed E-state index contributed by atoms with van der Waals surface area (Å²) in [5.74, 6) is -4.75. The van der Waals surface area contributed by atoms with Crippen molar-refractivity contribution in [3.63, 3.8) is 0 Å². The van der Waals surface area contributed by atoms with Gasteiger partial charge in [-0.05, 0) is 13.0 Å². The molecule has 0 aliphatic carbocycles. The minimum atomic E-state index is -5.53. The Kier molecular flexibility index (Phi) is 3.31. The van der Waals surface area contributed by atoms with Crippen molar-refractivity contribution in [3.05, 3.63) is 0 Å². The quantitative estimate of drug-likeness (QED) is 0.727. The van der Waals surface area contributed by atoms with E-state index in [1.54, 1.807) is 0 Å². The van der Waals surface area contributed by atoms with Crippen molar-refractivity contribution in [1.29, 1.82) is 0 Å². The minimum absolute atomic E-state index is 0.327. The van der Waals surface area contributed by atoms with Gasteiger partial charge >= 0.3 is 12.1 Å². The van der Waals surface area contributed by atoms with Crippen molar-refractivity contribution in [3.8, 4) is 0 Å². The van der Waals surface area contributed by atoms with Crippen molar-refractivity contribution < 1.29 is 26.7 Å². The van der Waals surface area contributed by atoms with Crippen LogP contribution >= 0.6 is 0 Å². The number of rotatable bonds is 3. The molecule has 1 unspecified atom stereocenters. The van der Waals surface area contributed by atoms with Gasteiger partial charge in [-0.2, -0.15) is 22.0 Å². The lowest BCUT2D eigenvalue weighted by molar-refractivity contribution is -0.299. The Morgan fingerprint density at radius 2 is 1.86 bits per heavy atom. The summed E-state index contributed by atoms with van der Waals surface area (Å²) in [5.41, 5.74) is 0. The topological polar surface area (TPSA) is 21.3 Å². The molecule has 1 aliphatic rings. The Balaban J connectivity index is 2.35. The molecule has 0 aromatic carbocycles. The van der Waals surface area contributed by atoms with Gasteiger partial charge in [-0.3, -0.25) is 0 Å². The summed E-state index contributed by atoms with van der Waals surface area (Å²) < 4.78 is 64.1. The Morgan fingerprint density at radius 1 is 1.21 bits per heavy atom. The van der Waals surface area contributed by atoms with Crippen molar-refractivity contribution in [2.24, 2.45) is 0 Å². The van der Waals surface area contributed by atoms with Gasteiger partial charge in [0.25, 0.3) is 0 Å². The van der Waals surface area contributed by atoms with Gasteiger partial charge in [0.1, 0.15) is 6.61 Å². The second-order valence-corrected chi connectivity index (χ2v) is 3.13. The number of hydrogen-bond acceptors (Lipinski definition) is 2. The van der Waals surface area contributed by atoms with Gasteiger partial charge in [-0.1, -0.05) is 0 Å². The molecule has 1 atom stereocenters. The number of nitrogens with one attached hydrogen (secondary N) is 1. The van der Waals surface area contributed by atoms with Crippen LogP contribution in [-0.4, -0.2) is 37.9 Å². The summed E-state index contributed by atoms with van der Waals surface area (Å²) in [7, 11) is 0. The molecule has 0 radical (unpaired) electrons. The molecule has 0 aromatic rings. The van der Waals surface area contributed by atoms with E-state index in [9.17, 15) is 22.0 Å². The molecule has 1 fully saturated rings. The first kappa shape index (κ1) is 11.6. The van der Waals surface area contributed by atoms with Crippen molar-refractivity contribution >= 4 is 0 Å². The van der Waals surface area contributed by atoms with Crippen molar-refractivity contribution in [2.45, 2.75) is 24.6 Å². The molecule has 84 valence electrons. The molecule has 0 spiro atoms. The molecule has 14 heavy (non-hydrogen) atoms. The molecule has 0 bridgehead atoms. The zero-order valence-corrected chi connectivity index (χ0v) is 7.20. The van der Waals surface area contributed by atoms with Crippen LogP contribution in [0.3, 0.4) is 0 Å². The third kappa shape index (κ3) is 2.78. The third-order valence-electron chi connectivity index (χ3n) is 1.93. The molecule has 1 rings (SSSR count). The first-order chi connectivity index (χ1) is 6.33. The predicted molar refractivity (Wildman–Crippen MR) is 38.2 cm³/mol. The monoisotopic (exact) mass is 219 g/mol. The highest BCUT2D eigenvalue weighted by Gasteiger charge is 2.57. The van der Waals surface area contributed by atoms with Gasteiger partial charge in [0, 0.05) is 6.54 Å². The Morgan fingerprint density at radius 3 is 2.29 bits per heavy atom. The van der Waals surface area contributed by atoms with E-state index in [1.165, 1.54) is 0 Å². The van der Waals surface area contributed by atoms with Gasteiger partial charge in [0.05, 0.1) is 6.10 Å². The van der Waals surface area contributed by atoms with E-state index in [-0.39, 0.29) is 0 Å². The van der Waals surface area contributed by atoms with E-state index < -0.39 is 24.8 Å². The summed E-state index contributed by atoms with van der Waals surface area (Å²) in [6.07, 6.45) is -5.60. The SMILES string of the molecule is FC(F)(F)C(F)(F)COC1CCNC1. The predicted octanol–water partition coefficient (Wildman–Crippen LogP) is 1.56. The van der Waals surface area contributed by atoms with Crippen molar-refractivity contribution in [2.75, 3.05) is 19.7 Å². The van der Waals surface area contributed by atoms with Crippen LogP contribution in [0.4, 0.5) is 22.0 Å². The van der Waals surface area contributed by atoms with Gasteiger partial charge in [-0.15, -0.1) is 0 Å². The molecule has 0 saturated carbocycles. The zero-order chi connectivity index (χ0) is 10.8. The van der Waals surface area contributed by atoms with E-state index in [0.29, 0.717) is 19.5 Å². The number of alkyl halides is 5. The lowest BCUT2D eigenvalue weighted by Gasteiger charge is -2.21. The highest BCUT2D eigenvalue weighted by molar-refractivity contribution is 4.78. The second kappa shape index (κ2) is 3.98. The lowest BCUT2D eigenvalue weighted by atomic mass is 10.3. The maximum atomic E-state index is 12.3. The fraction of sp³-hybridized carbons (Fsp3) is 1.00. The summed E-state index contributed by atoms with van der Waals surface area (Å²) in [4.78, 5) is 0. The maximum Gasteiger partial charge on any atom is 0.455 e. The summed E-state index contributed by atoms with van der Waals surface area (Å²) in [6.45, 7) is -0.682. The van der Waals surface area contributed by atoms with Crippen LogP contribution in [0, 0.1) is 0 Å². The summed E-state index contributed by atoms with van der Waals surface area (Å²) in [6, 6.07) is 0. The van der Waals surface area contributed by atoms with Crippen LogP contribution in [0.1, 0.15) is 6.42 Å². The smallest absolute Gasteiger partial charge is 0.370 e. The molecular weight excluding hydrogens is 209 g/mol. The molecule has 0 amide bonds. The van der Waals surface area contributed by atoms with Crippen molar-refractivity contribution in [1.82, 2.24) is 5.32 Å². The van der Waals surface area contributed by atoms with E-state index in [4.69, 9.17) is 0 Å². The first-order valence-corrected chi connectivity index (χ1v) is 4.10. The van der Waals surface area contributed by atoms with Crippen LogP contribution in [0.5, 0.6) is 0 Å². The van der Waals surface area contributed by atoms with Gasteiger partial charge in [0.15, 0.2) is 0 Å². The molecule has 2 nitrogen and oxygen atoms in total. The summed E-state index contributed by atoms with van der Waals surface area (Å²) >= 11 is 0. The Bertz CT molecular complexity index is 187. The Labute approximate surface area is 77.4 Å². The second-order valence-electron chi connectivity index (χ2n) is 3.13.